The molecule has 0 amide bonds. The lowest BCUT2D eigenvalue weighted by Crippen LogP contribution is -2.33. The summed E-state index contributed by atoms with van der Waals surface area (Å²) in [4.78, 5) is 23.5. The Bertz CT molecular complexity index is 769. The third kappa shape index (κ3) is 3.80. The monoisotopic (exact) mass is 474 g/mol. The lowest BCUT2D eigenvalue weighted by molar-refractivity contribution is -0.170. The molecule has 2 rings (SSSR count). The van der Waals surface area contributed by atoms with Crippen molar-refractivity contribution in [1.29, 1.82) is 0 Å². The molecule has 23 heavy (non-hydrogen) atoms. The summed E-state index contributed by atoms with van der Waals surface area (Å²) in [6, 6.07) is 4.92. The summed E-state index contributed by atoms with van der Waals surface area (Å²) < 4.78 is 33.3. The predicted molar refractivity (Wildman–Crippen MR) is 93.0 cm³/mol. The minimum Gasteiger partial charge on any atom is -0.462 e. The van der Waals surface area contributed by atoms with Crippen LogP contribution in [0.2, 0.25) is 5.02 Å². The molecule has 0 radical (unpaired) electrons. The molecule has 1 aromatic carbocycles. The van der Waals surface area contributed by atoms with Crippen molar-refractivity contribution in [2.75, 3.05) is 6.61 Å². The first-order valence-corrected chi connectivity index (χ1v) is 10.9. The van der Waals surface area contributed by atoms with Gasteiger partial charge in [-0.3, -0.25) is 4.79 Å². The molecule has 1 atom stereocenters. The Labute approximate surface area is 150 Å². The molecule has 5 nitrogen and oxygen atoms in total. The maximum atomic E-state index is 13.8. The molecule has 0 bridgehead atoms. The van der Waals surface area contributed by atoms with E-state index in [0.717, 1.165) is 0 Å². The summed E-state index contributed by atoms with van der Waals surface area (Å²) in [6.07, 6.45) is -1.15. The summed E-state index contributed by atoms with van der Waals surface area (Å²) >= 11 is 8.13. The molecule has 124 valence electrons. The molecule has 0 aliphatic carbocycles. The maximum absolute atomic E-state index is 13.8. The number of rotatable bonds is 6. The van der Waals surface area contributed by atoms with Crippen LogP contribution < -0.4 is 0 Å². The zero-order chi connectivity index (χ0) is 17.2. The number of ketones is 1. The van der Waals surface area contributed by atoms with E-state index in [0.29, 0.717) is 10.9 Å². The van der Waals surface area contributed by atoms with E-state index >= 15 is 0 Å². The smallest absolute Gasteiger partial charge is 0.377 e. The summed E-state index contributed by atoms with van der Waals surface area (Å²) in [5.74, 6) is -6.59. The first-order chi connectivity index (χ1) is 10.8. The second kappa shape index (κ2) is 7.36. The normalized spacial score (nSPS) is 12.2. The van der Waals surface area contributed by atoms with Crippen molar-refractivity contribution in [1.82, 2.24) is 9.55 Å². The fraction of sp³-hybridized carbons (Fsp3) is 0.308. The van der Waals surface area contributed by atoms with Crippen molar-refractivity contribution in [2.24, 2.45) is 0 Å². The van der Waals surface area contributed by atoms with E-state index < -0.39 is 24.1 Å². The molecule has 1 aromatic heterocycles. The number of hydrogen-bond acceptors (Lipinski definition) is 4. The molecule has 0 saturated carbocycles. The van der Waals surface area contributed by atoms with Gasteiger partial charge in [0.1, 0.15) is 5.69 Å². The van der Waals surface area contributed by atoms with Crippen molar-refractivity contribution < 1.29 is 23.1 Å². The van der Waals surface area contributed by atoms with Gasteiger partial charge in [-0.25, -0.2) is 9.25 Å². The molecular weight excluding hydrogens is 463 g/mol. The standard InChI is InChI=1S/C13H11ClF2IN2O3P/c1-2-22-12(21)13(15,16)6-9(20)11-10-7(14)4-3-5-8(10)19(18-11)23-17/h3-5,23H,2,6H2,1H3. The van der Waals surface area contributed by atoms with Crippen LogP contribution in [0.25, 0.3) is 10.9 Å². The average Bonchev–Trinajstić information content (AvgIpc) is 2.87. The zero-order valence-corrected chi connectivity index (χ0v) is 15.7. The van der Waals surface area contributed by atoms with Crippen LogP contribution >= 0.6 is 40.0 Å². The number of carbonyl (C=O) groups is 2. The number of esters is 1. The van der Waals surface area contributed by atoms with Crippen molar-refractivity contribution >= 4 is 62.7 Å². The molecule has 2 aromatic rings. The number of hydrogen-bond donors (Lipinski definition) is 0. The Balaban J connectivity index is 2.40. The number of aromatic nitrogens is 2. The fourth-order valence-electron chi connectivity index (χ4n) is 1.98. The van der Waals surface area contributed by atoms with Crippen molar-refractivity contribution in [3.63, 3.8) is 0 Å². The number of carbonyl (C=O) groups excluding carboxylic acids is 2. The highest BCUT2D eigenvalue weighted by Crippen LogP contribution is 2.35. The van der Waals surface area contributed by atoms with Crippen LogP contribution in [0, 0.1) is 0 Å². The number of Topliss-reactive ketones (excluding diaryl/α,β-unsaturated/α-hetero) is 1. The summed E-state index contributed by atoms with van der Waals surface area (Å²) in [6.45, 7) is 1.22. The minimum atomic E-state index is -3.91. The van der Waals surface area contributed by atoms with E-state index in [1.165, 1.54) is 11.4 Å². The molecule has 0 aliphatic heterocycles. The Morgan fingerprint density at radius 1 is 1.48 bits per heavy atom. The van der Waals surface area contributed by atoms with Crippen molar-refractivity contribution in [3.05, 3.63) is 28.9 Å². The van der Waals surface area contributed by atoms with Gasteiger partial charge in [0.2, 0.25) is 0 Å². The van der Waals surface area contributed by atoms with E-state index in [4.69, 9.17) is 11.6 Å². The Kier molecular flexibility index (Phi) is 5.91. The SMILES string of the molecule is CCOC(=O)C(F)(F)CC(=O)c1nn(PI)c2cccc(Cl)c12. The molecule has 1 heterocycles. The molecule has 10 heteroatoms. The lowest BCUT2D eigenvalue weighted by atomic mass is 10.1. The Morgan fingerprint density at radius 3 is 2.78 bits per heavy atom. The first kappa shape index (κ1) is 18.5. The molecule has 0 saturated heterocycles. The van der Waals surface area contributed by atoms with Gasteiger partial charge in [0, 0.05) is 5.39 Å². The third-order valence-corrected chi connectivity index (χ3v) is 5.14. The Morgan fingerprint density at radius 2 is 2.17 bits per heavy atom. The van der Waals surface area contributed by atoms with Gasteiger partial charge in [0.15, 0.2) is 5.78 Å². The van der Waals surface area contributed by atoms with Gasteiger partial charge in [-0.15, -0.1) is 0 Å². The van der Waals surface area contributed by atoms with Crippen LogP contribution in [0.15, 0.2) is 18.2 Å². The van der Waals surface area contributed by atoms with Crippen LogP contribution in [0.1, 0.15) is 23.8 Å². The molecule has 0 spiro atoms. The second-order valence-electron chi connectivity index (χ2n) is 4.50. The van der Waals surface area contributed by atoms with Gasteiger partial charge in [-0.1, -0.05) is 17.7 Å². The fourth-order valence-corrected chi connectivity index (χ4v) is 3.76. The van der Waals surface area contributed by atoms with Gasteiger partial charge in [0.25, 0.3) is 0 Å². The molecule has 1 unspecified atom stereocenters. The van der Waals surface area contributed by atoms with E-state index in [2.05, 4.69) is 31.9 Å². The van der Waals surface area contributed by atoms with E-state index in [-0.39, 0.29) is 23.7 Å². The lowest BCUT2D eigenvalue weighted by Gasteiger charge is -2.13. The number of alkyl halides is 2. The maximum Gasteiger partial charge on any atom is 0.377 e. The quantitative estimate of drug-likeness (QED) is 0.272. The third-order valence-electron chi connectivity index (χ3n) is 2.96. The summed E-state index contributed by atoms with van der Waals surface area (Å²) in [5, 5.41) is 4.61. The number of fused-ring (bicyclic) bond motifs is 1. The van der Waals surface area contributed by atoms with Gasteiger partial charge in [-0.05, 0) is 41.1 Å². The Hall–Kier alpha value is -0.860. The second-order valence-corrected chi connectivity index (χ2v) is 6.95. The number of nitrogens with zero attached hydrogens (tertiary/aromatic N) is 2. The molecule has 0 N–H and O–H groups in total. The van der Waals surface area contributed by atoms with Crippen LogP contribution in [-0.4, -0.2) is 33.8 Å². The summed E-state index contributed by atoms with van der Waals surface area (Å²) in [5.41, 5.74) is 0.409. The minimum absolute atomic E-state index is 0.163. The molecular formula is C13H11ClF2IN2O3P. The van der Waals surface area contributed by atoms with E-state index in [1.54, 1.807) is 18.2 Å². The highest BCUT2D eigenvalue weighted by molar-refractivity contribution is 14.2. The van der Waals surface area contributed by atoms with E-state index in [9.17, 15) is 18.4 Å². The first-order valence-electron chi connectivity index (χ1n) is 6.44. The molecule has 0 aliphatic rings. The summed E-state index contributed by atoms with van der Waals surface area (Å²) in [7, 11) is 0. The van der Waals surface area contributed by atoms with Crippen molar-refractivity contribution in [2.45, 2.75) is 19.3 Å². The van der Waals surface area contributed by atoms with Gasteiger partial charge >= 0.3 is 11.9 Å². The number of halogens is 4. The number of ether oxygens (including phenoxy) is 1. The zero-order valence-electron chi connectivity index (χ0n) is 11.8. The van der Waals surface area contributed by atoms with Crippen LogP contribution in [0.5, 0.6) is 0 Å². The largest absolute Gasteiger partial charge is 0.462 e. The van der Waals surface area contributed by atoms with Crippen LogP contribution in [0.3, 0.4) is 0 Å². The van der Waals surface area contributed by atoms with Crippen LogP contribution in [-0.2, 0) is 9.53 Å². The van der Waals surface area contributed by atoms with Gasteiger partial charge < -0.3 is 4.74 Å². The predicted octanol–water partition coefficient (Wildman–Crippen LogP) is 4.25. The molecule has 0 fully saturated rings. The van der Waals surface area contributed by atoms with Gasteiger partial charge in [-0.2, -0.15) is 13.9 Å². The van der Waals surface area contributed by atoms with Crippen LogP contribution in [0.4, 0.5) is 8.78 Å². The average molecular weight is 475 g/mol. The topological polar surface area (TPSA) is 61.2 Å². The van der Waals surface area contributed by atoms with E-state index in [1.807, 2.05) is 0 Å². The highest BCUT2D eigenvalue weighted by atomic mass is 127. The van der Waals surface area contributed by atoms with Gasteiger partial charge in [0.05, 0.1) is 29.9 Å². The highest BCUT2D eigenvalue weighted by Gasteiger charge is 2.43. The van der Waals surface area contributed by atoms with Crippen molar-refractivity contribution in [3.8, 4) is 0 Å². The number of benzene rings is 1.